The van der Waals surface area contributed by atoms with Crippen molar-refractivity contribution in [2.45, 2.75) is 19.3 Å². The fourth-order valence-corrected chi connectivity index (χ4v) is 3.87. The third-order valence-electron chi connectivity index (χ3n) is 5.51. The van der Waals surface area contributed by atoms with Crippen molar-refractivity contribution < 1.29 is 9.59 Å². The van der Waals surface area contributed by atoms with Gasteiger partial charge in [-0.3, -0.25) is 14.6 Å². The zero-order valence-corrected chi connectivity index (χ0v) is 15.7. The van der Waals surface area contributed by atoms with Crippen LogP contribution in [-0.4, -0.2) is 34.8 Å². The maximum absolute atomic E-state index is 12.9. The normalized spacial score (nSPS) is 14.9. The van der Waals surface area contributed by atoms with E-state index in [1.165, 1.54) is 5.56 Å². The van der Waals surface area contributed by atoms with E-state index in [-0.39, 0.29) is 5.91 Å². The molecule has 5 heteroatoms. The van der Waals surface area contributed by atoms with Crippen LogP contribution in [0.25, 0.3) is 10.9 Å². The standard InChI is InChI=1S/C23H23N3O2/c24-22(27)18-5-3-16(4-6-18)14-17-9-12-26(13-10-17)23(28)20-7-8-21-19(15-20)2-1-11-25-21/h1-8,11,15,17H,9-10,12-14H2,(H2,24,27). The maximum atomic E-state index is 12.9. The summed E-state index contributed by atoms with van der Waals surface area (Å²) in [7, 11) is 0. The van der Waals surface area contributed by atoms with E-state index in [0.717, 1.165) is 48.8 Å². The summed E-state index contributed by atoms with van der Waals surface area (Å²) in [5.41, 5.74) is 8.66. The molecule has 0 unspecified atom stereocenters. The zero-order valence-electron chi connectivity index (χ0n) is 15.7. The lowest BCUT2D eigenvalue weighted by atomic mass is 9.89. The Kier molecular flexibility index (Phi) is 5.06. The molecule has 2 amide bonds. The fourth-order valence-electron chi connectivity index (χ4n) is 3.87. The molecule has 1 fully saturated rings. The number of likely N-dealkylation sites (tertiary alicyclic amines) is 1. The van der Waals surface area contributed by atoms with Crippen molar-refractivity contribution in [3.63, 3.8) is 0 Å². The van der Waals surface area contributed by atoms with Crippen LogP contribution >= 0.6 is 0 Å². The molecule has 0 bridgehead atoms. The van der Waals surface area contributed by atoms with Gasteiger partial charge in [-0.15, -0.1) is 0 Å². The number of aromatic nitrogens is 1. The van der Waals surface area contributed by atoms with E-state index in [2.05, 4.69) is 4.98 Å². The van der Waals surface area contributed by atoms with Crippen LogP contribution in [0.5, 0.6) is 0 Å². The van der Waals surface area contributed by atoms with Gasteiger partial charge in [-0.05, 0) is 67.1 Å². The number of carbonyl (C=O) groups is 2. The molecule has 0 aliphatic carbocycles. The van der Waals surface area contributed by atoms with Crippen LogP contribution in [0.1, 0.15) is 39.1 Å². The lowest BCUT2D eigenvalue weighted by Gasteiger charge is -2.32. The Morgan fingerprint density at radius 3 is 2.43 bits per heavy atom. The van der Waals surface area contributed by atoms with Crippen LogP contribution in [0.3, 0.4) is 0 Å². The van der Waals surface area contributed by atoms with Crippen molar-refractivity contribution in [3.8, 4) is 0 Å². The highest BCUT2D eigenvalue weighted by Crippen LogP contribution is 2.24. The predicted molar refractivity (Wildman–Crippen MR) is 109 cm³/mol. The Morgan fingerprint density at radius 1 is 1.00 bits per heavy atom. The zero-order chi connectivity index (χ0) is 19.5. The van der Waals surface area contributed by atoms with Crippen molar-refractivity contribution in [2.75, 3.05) is 13.1 Å². The molecular weight excluding hydrogens is 350 g/mol. The Labute approximate surface area is 164 Å². The van der Waals surface area contributed by atoms with Crippen molar-refractivity contribution in [3.05, 3.63) is 77.5 Å². The summed E-state index contributed by atoms with van der Waals surface area (Å²) in [6.07, 6.45) is 4.69. The quantitative estimate of drug-likeness (QED) is 0.761. The SMILES string of the molecule is NC(=O)c1ccc(CC2CCN(C(=O)c3ccc4ncccc4c3)CC2)cc1. The molecule has 4 rings (SSSR count). The van der Waals surface area contributed by atoms with Crippen LogP contribution in [0.2, 0.25) is 0 Å². The van der Waals surface area contributed by atoms with Crippen molar-refractivity contribution >= 4 is 22.7 Å². The molecule has 0 spiro atoms. The van der Waals surface area contributed by atoms with Gasteiger partial charge in [-0.1, -0.05) is 18.2 Å². The number of nitrogens with two attached hydrogens (primary N) is 1. The first kappa shape index (κ1) is 18.2. The number of nitrogens with zero attached hydrogens (tertiary/aromatic N) is 2. The molecule has 142 valence electrons. The van der Waals surface area contributed by atoms with E-state index in [1.807, 2.05) is 47.4 Å². The van der Waals surface area contributed by atoms with Crippen molar-refractivity contribution in [1.29, 1.82) is 0 Å². The highest BCUT2D eigenvalue weighted by molar-refractivity contribution is 5.98. The number of primary amides is 1. The second-order valence-corrected chi connectivity index (χ2v) is 7.41. The number of pyridine rings is 1. The number of carbonyl (C=O) groups excluding carboxylic acids is 2. The van der Waals surface area contributed by atoms with Gasteiger partial charge in [-0.25, -0.2) is 0 Å². The van der Waals surface area contributed by atoms with Gasteiger partial charge in [-0.2, -0.15) is 0 Å². The third-order valence-corrected chi connectivity index (χ3v) is 5.51. The predicted octanol–water partition coefficient (Wildman–Crippen LogP) is 3.43. The fraction of sp³-hybridized carbons (Fsp3) is 0.261. The van der Waals surface area contributed by atoms with Gasteiger partial charge in [0.1, 0.15) is 0 Å². The van der Waals surface area contributed by atoms with E-state index < -0.39 is 5.91 Å². The number of hydrogen-bond donors (Lipinski definition) is 1. The van der Waals surface area contributed by atoms with Gasteiger partial charge in [0, 0.05) is 35.8 Å². The largest absolute Gasteiger partial charge is 0.366 e. The maximum Gasteiger partial charge on any atom is 0.253 e. The summed E-state index contributed by atoms with van der Waals surface area (Å²) in [6, 6.07) is 17.1. The molecule has 0 radical (unpaired) electrons. The van der Waals surface area contributed by atoms with Gasteiger partial charge in [0.05, 0.1) is 5.52 Å². The molecule has 0 saturated carbocycles. The van der Waals surface area contributed by atoms with Crippen LogP contribution in [0, 0.1) is 5.92 Å². The number of hydrogen-bond acceptors (Lipinski definition) is 3. The van der Waals surface area contributed by atoms with Crippen LogP contribution in [0.15, 0.2) is 60.8 Å². The number of piperidine rings is 1. The minimum atomic E-state index is -0.400. The number of fused-ring (bicyclic) bond motifs is 1. The second-order valence-electron chi connectivity index (χ2n) is 7.41. The highest BCUT2D eigenvalue weighted by Gasteiger charge is 2.24. The lowest BCUT2D eigenvalue weighted by molar-refractivity contribution is 0.0690. The van der Waals surface area contributed by atoms with Gasteiger partial charge in [0.15, 0.2) is 0 Å². The first-order valence-electron chi connectivity index (χ1n) is 9.63. The van der Waals surface area contributed by atoms with Gasteiger partial charge in [0.25, 0.3) is 5.91 Å². The van der Waals surface area contributed by atoms with Crippen LogP contribution in [0.4, 0.5) is 0 Å². The van der Waals surface area contributed by atoms with E-state index in [4.69, 9.17) is 5.73 Å². The Balaban J connectivity index is 1.36. The van der Waals surface area contributed by atoms with E-state index in [1.54, 1.807) is 18.3 Å². The average molecular weight is 373 g/mol. The summed E-state index contributed by atoms with van der Waals surface area (Å²) < 4.78 is 0. The Morgan fingerprint density at radius 2 is 1.71 bits per heavy atom. The first-order valence-corrected chi connectivity index (χ1v) is 9.63. The molecular formula is C23H23N3O2. The van der Waals surface area contributed by atoms with Crippen LogP contribution in [-0.2, 0) is 6.42 Å². The van der Waals surface area contributed by atoms with Gasteiger partial charge >= 0.3 is 0 Å². The molecule has 3 aromatic rings. The average Bonchev–Trinajstić information content (AvgIpc) is 2.74. The van der Waals surface area contributed by atoms with Crippen LogP contribution < -0.4 is 5.73 Å². The third kappa shape index (κ3) is 3.88. The summed E-state index contributed by atoms with van der Waals surface area (Å²) in [4.78, 5) is 30.3. The Hall–Kier alpha value is -3.21. The lowest BCUT2D eigenvalue weighted by Crippen LogP contribution is -2.38. The summed E-state index contributed by atoms with van der Waals surface area (Å²) in [5.74, 6) is 0.238. The number of benzene rings is 2. The molecule has 1 aromatic heterocycles. The minimum Gasteiger partial charge on any atom is -0.366 e. The summed E-state index contributed by atoms with van der Waals surface area (Å²) >= 11 is 0. The van der Waals surface area contributed by atoms with Crippen molar-refractivity contribution in [2.24, 2.45) is 11.7 Å². The topological polar surface area (TPSA) is 76.3 Å². The van der Waals surface area contributed by atoms with E-state index >= 15 is 0 Å². The molecule has 28 heavy (non-hydrogen) atoms. The van der Waals surface area contributed by atoms with Crippen molar-refractivity contribution in [1.82, 2.24) is 9.88 Å². The number of amides is 2. The number of rotatable bonds is 4. The molecule has 2 heterocycles. The van der Waals surface area contributed by atoms with Gasteiger partial charge < -0.3 is 10.6 Å². The van der Waals surface area contributed by atoms with E-state index in [0.29, 0.717) is 11.5 Å². The molecule has 0 atom stereocenters. The second kappa shape index (κ2) is 7.80. The summed E-state index contributed by atoms with van der Waals surface area (Å²) in [6.45, 7) is 1.54. The molecule has 2 N–H and O–H groups in total. The Bertz CT molecular complexity index is 1010. The highest BCUT2D eigenvalue weighted by atomic mass is 16.2. The molecule has 5 nitrogen and oxygen atoms in total. The smallest absolute Gasteiger partial charge is 0.253 e. The first-order chi connectivity index (χ1) is 13.6. The van der Waals surface area contributed by atoms with Gasteiger partial charge in [0.2, 0.25) is 5.91 Å². The minimum absolute atomic E-state index is 0.0926. The molecule has 1 saturated heterocycles. The molecule has 1 aliphatic heterocycles. The monoisotopic (exact) mass is 373 g/mol. The molecule has 1 aliphatic rings. The van der Waals surface area contributed by atoms with E-state index in [9.17, 15) is 9.59 Å². The molecule has 2 aromatic carbocycles. The summed E-state index contributed by atoms with van der Waals surface area (Å²) in [5, 5.41) is 0.989.